The number of ether oxygens (including phenoxy) is 2. The molecule has 4 heteroatoms. The van der Waals surface area contributed by atoms with E-state index in [1.54, 1.807) is 0 Å². The van der Waals surface area contributed by atoms with Crippen molar-refractivity contribution in [1.29, 1.82) is 0 Å². The summed E-state index contributed by atoms with van der Waals surface area (Å²) < 4.78 is 10.3. The van der Waals surface area contributed by atoms with Crippen LogP contribution >= 0.6 is 0 Å². The van der Waals surface area contributed by atoms with E-state index in [9.17, 15) is 9.59 Å². The Labute approximate surface area is 82.6 Å². The summed E-state index contributed by atoms with van der Waals surface area (Å²) in [7, 11) is 0. The van der Waals surface area contributed by atoms with Crippen LogP contribution < -0.4 is 0 Å². The third-order valence-electron chi connectivity index (χ3n) is 2.73. The second kappa shape index (κ2) is 3.98. The van der Waals surface area contributed by atoms with E-state index >= 15 is 0 Å². The van der Waals surface area contributed by atoms with Crippen molar-refractivity contribution < 1.29 is 19.1 Å². The molecule has 4 nitrogen and oxygen atoms in total. The average molecular weight is 198 g/mol. The number of hydrogen-bond donors (Lipinski definition) is 0. The zero-order chi connectivity index (χ0) is 9.97. The maximum atomic E-state index is 11.2. The van der Waals surface area contributed by atoms with E-state index < -0.39 is 0 Å². The molecule has 2 saturated heterocycles. The summed E-state index contributed by atoms with van der Waals surface area (Å²) in [5.74, 6) is -0.328. The zero-order valence-corrected chi connectivity index (χ0v) is 8.03. The van der Waals surface area contributed by atoms with Crippen LogP contribution in [0.3, 0.4) is 0 Å². The summed E-state index contributed by atoms with van der Waals surface area (Å²) in [4.78, 5) is 22.1. The van der Waals surface area contributed by atoms with Crippen molar-refractivity contribution in [3.8, 4) is 0 Å². The minimum absolute atomic E-state index is 0.157. The molecule has 0 aliphatic carbocycles. The van der Waals surface area contributed by atoms with Crippen LogP contribution in [0.5, 0.6) is 0 Å². The van der Waals surface area contributed by atoms with Crippen molar-refractivity contribution in [2.24, 2.45) is 0 Å². The fraction of sp³-hybridized carbons (Fsp3) is 0.800. The van der Waals surface area contributed by atoms with Gasteiger partial charge in [-0.25, -0.2) is 0 Å². The molecule has 0 aromatic heterocycles. The van der Waals surface area contributed by atoms with Gasteiger partial charge in [0.05, 0.1) is 0 Å². The molecule has 0 saturated carbocycles. The summed E-state index contributed by atoms with van der Waals surface area (Å²) in [6.45, 7) is 0. The molecule has 78 valence electrons. The molecule has 0 spiro atoms. The van der Waals surface area contributed by atoms with Crippen molar-refractivity contribution in [3.63, 3.8) is 0 Å². The van der Waals surface area contributed by atoms with Crippen LogP contribution in [0.2, 0.25) is 0 Å². The molecule has 2 atom stereocenters. The van der Waals surface area contributed by atoms with Crippen molar-refractivity contribution >= 4 is 11.9 Å². The van der Waals surface area contributed by atoms with Gasteiger partial charge in [-0.05, 0) is 25.7 Å². The number of carbonyl (C=O) groups is 2. The van der Waals surface area contributed by atoms with Crippen LogP contribution in [0.4, 0.5) is 0 Å². The summed E-state index contributed by atoms with van der Waals surface area (Å²) in [6, 6.07) is 0. The first-order chi connectivity index (χ1) is 6.75. The number of esters is 2. The third-order valence-corrected chi connectivity index (χ3v) is 2.73. The van der Waals surface area contributed by atoms with E-state index in [0.29, 0.717) is 19.3 Å². The SMILES string of the molecule is O=C1CCCCC(C2CCC(=O)O2)O1. The molecule has 2 rings (SSSR count). The monoisotopic (exact) mass is 198 g/mol. The Bertz CT molecular complexity index is 249. The van der Waals surface area contributed by atoms with Crippen LogP contribution in [0.25, 0.3) is 0 Å². The lowest BCUT2D eigenvalue weighted by Gasteiger charge is -2.20. The van der Waals surface area contributed by atoms with Gasteiger partial charge in [0, 0.05) is 12.8 Å². The maximum absolute atomic E-state index is 11.2. The number of cyclic esters (lactones) is 2. The molecule has 2 heterocycles. The van der Waals surface area contributed by atoms with Gasteiger partial charge in [-0.1, -0.05) is 0 Å². The van der Waals surface area contributed by atoms with Gasteiger partial charge in [0.15, 0.2) is 0 Å². The van der Waals surface area contributed by atoms with Gasteiger partial charge in [0.1, 0.15) is 12.2 Å². The Morgan fingerprint density at radius 3 is 2.14 bits per heavy atom. The van der Waals surface area contributed by atoms with Gasteiger partial charge in [-0.15, -0.1) is 0 Å². The molecule has 2 aliphatic heterocycles. The molecule has 0 aromatic rings. The predicted molar refractivity (Wildman–Crippen MR) is 47.5 cm³/mol. The molecule has 2 aliphatic rings. The quantitative estimate of drug-likeness (QED) is 0.593. The fourth-order valence-corrected chi connectivity index (χ4v) is 1.97. The lowest BCUT2D eigenvalue weighted by molar-refractivity contribution is -0.160. The Morgan fingerprint density at radius 2 is 1.50 bits per heavy atom. The highest BCUT2D eigenvalue weighted by Gasteiger charge is 2.34. The van der Waals surface area contributed by atoms with Crippen LogP contribution in [-0.2, 0) is 19.1 Å². The zero-order valence-electron chi connectivity index (χ0n) is 8.03. The normalized spacial score (nSPS) is 33.4. The molecule has 2 unspecified atom stereocenters. The average Bonchev–Trinajstić information content (AvgIpc) is 2.45. The van der Waals surface area contributed by atoms with Crippen LogP contribution in [0.1, 0.15) is 38.5 Å². The first-order valence-corrected chi connectivity index (χ1v) is 5.14. The summed E-state index contributed by atoms with van der Waals surface area (Å²) >= 11 is 0. The van der Waals surface area contributed by atoms with E-state index in [1.165, 1.54) is 0 Å². The topological polar surface area (TPSA) is 52.6 Å². The van der Waals surface area contributed by atoms with Crippen molar-refractivity contribution in [2.75, 3.05) is 0 Å². The predicted octanol–water partition coefficient (Wildman–Crippen LogP) is 1.18. The van der Waals surface area contributed by atoms with Crippen molar-refractivity contribution in [3.05, 3.63) is 0 Å². The van der Waals surface area contributed by atoms with Gasteiger partial charge >= 0.3 is 11.9 Å². The summed E-state index contributed by atoms with van der Waals surface area (Å²) in [5.41, 5.74) is 0. The van der Waals surface area contributed by atoms with Crippen LogP contribution in [-0.4, -0.2) is 24.1 Å². The van der Waals surface area contributed by atoms with Gasteiger partial charge < -0.3 is 9.47 Å². The van der Waals surface area contributed by atoms with E-state index in [4.69, 9.17) is 9.47 Å². The number of rotatable bonds is 1. The van der Waals surface area contributed by atoms with E-state index in [1.807, 2.05) is 0 Å². The second-order valence-corrected chi connectivity index (χ2v) is 3.84. The Balaban J connectivity index is 1.95. The Hall–Kier alpha value is -1.06. The molecular formula is C10H14O4. The molecular weight excluding hydrogens is 184 g/mol. The standard InChI is InChI=1S/C10H14O4/c11-9-4-2-1-3-7(13-9)8-5-6-10(12)14-8/h7-8H,1-6H2. The number of hydrogen-bond acceptors (Lipinski definition) is 4. The molecule has 0 N–H and O–H groups in total. The minimum atomic E-state index is -0.198. The molecule has 0 amide bonds. The van der Waals surface area contributed by atoms with E-state index in [2.05, 4.69) is 0 Å². The van der Waals surface area contributed by atoms with E-state index in [-0.39, 0.29) is 24.1 Å². The minimum Gasteiger partial charge on any atom is -0.458 e. The first-order valence-electron chi connectivity index (χ1n) is 5.14. The molecule has 14 heavy (non-hydrogen) atoms. The maximum Gasteiger partial charge on any atom is 0.306 e. The molecule has 0 bridgehead atoms. The highest BCUT2D eigenvalue weighted by Crippen LogP contribution is 2.25. The molecule has 0 radical (unpaired) electrons. The largest absolute Gasteiger partial charge is 0.458 e. The van der Waals surface area contributed by atoms with Gasteiger partial charge in [-0.2, -0.15) is 0 Å². The smallest absolute Gasteiger partial charge is 0.306 e. The Morgan fingerprint density at radius 1 is 0.857 bits per heavy atom. The Kier molecular flexibility index (Phi) is 2.70. The second-order valence-electron chi connectivity index (χ2n) is 3.84. The highest BCUT2D eigenvalue weighted by atomic mass is 16.6. The van der Waals surface area contributed by atoms with Gasteiger partial charge in [-0.3, -0.25) is 9.59 Å². The lowest BCUT2D eigenvalue weighted by atomic mass is 10.1. The van der Waals surface area contributed by atoms with Gasteiger partial charge in [0.25, 0.3) is 0 Å². The van der Waals surface area contributed by atoms with E-state index in [0.717, 1.165) is 19.3 Å². The lowest BCUT2D eigenvalue weighted by Crippen LogP contribution is -2.29. The van der Waals surface area contributed by atoms with Crippen LogP contribution in [0.15, 0.2) is 0 Å². The highest BCUT2D eigenvalue weighted by molar-refractivity contribution is 5.72. The summed E-state index contributed by atoms with van der Waals surface area (Å²) in [6.07, 6.45) is 3.94. The summed E-state index contributed by atoms with van der Waals surface area (Å²) in [5, 5.41) is 0. The molecule has 2 fully saturated rings. The first kappa shape index (κ1) is 9.49. The van der Waals surface area contributed by atoms with Gasteiger partial charge in [0.2, 0.25) is 0 Å². The number of carbonyl (C=O) groups excluding carboxylic acids is 2. The molecule has 0 aromatic carbocycles. The third kappa shape index (κ3) is 2.05. The van der Waals surface area contributed by atoms with Crippen molar-refractivity contribution in [2.45, 2.75) is 50.7 Å². The fourth-order valence-electron chi connectivity index (χ4n) is 1.97. The van der Waals surface area contributed by atoms with Crippen LogP contribution in [0, 0.1) is 0 Å². The van der Waals surface area contributed by atoms with Crippen molar-refractivity contribution in [1.82, 2.24) is 0 Å².